The Kier molecular flexibility index (Phi) is 8.09. The zero-order valence-electron chi connectivity index (χ0n) is 15.0. The average molecular weight is 478 g/mol. The Balaban J connectivity index is 0.00000225. The molecular formula is C18H29ClIN5. The first-order chi connectivity index (χ1) is 11.7. The third kappa shape index (κ3) is 5.62. The van der Waals surface area contributed by atoms with Crippen LogP contribution in [0.15, 0.2) is 29.3 Å². The summed E-state index contributed by atoms with van der Waals surface area (Å²) >= 11 is 6.11. The Morgan fingerprint density at radius 2 is 2.16 bits per heavy atom. The van der Waals surface area contributed by atoms with Crippen molar-refractivity contribution in [2.75, 3.05) is 45.2 Å². The highest BCUT2D eigenvalue weighted by molar-refractivity contribution is 14.0. The molecule has 2 fully saturated rings. The molecule has 1 aromatic rings. The molecule has 0 spiro atoms. The normalized spacial score (nSPS) is 24.3. The van der Waals surface area contributed by atoms with Crippen molar-refractivity contribution in [3.8, 4) is 0 Å². The first kappa shape index (κ1) is 20.6. The molecule has 0 radical (unpaired) electrons. The number of nitrogens with one attached hydrogen (secondary N) is 2. The van der Waals surface area contributed by atoms with E-state index in [9.17, 15) is 0 Å². The van der Waals surface area contributed by atoms with E-state index in [0.29, 0.717) is 12.1 Å². The maximum absolute atomic E-state index is 6.11. The van der Waals surface area contributed by atoms with E-state index in [2.05, 4.69) is 38.5 Å². The van der Waals surface area contributed by atoms with Gasteiger partial charge in [-0.25, -0.2) is 0 Å². The second kappa shape index (κ2) is 9.83. The van der Waals surface area contributed by atoms with Gasteiger partial charge < -0.3 is 20.4 Å². The lowest BCUT2D eigenvalue weighted by Crippen LogP contribution is -2.48. The van der Waals surface area contributed by atoms with Gasteiger partial charge in [0.1, 0.15) is 0 Å². The van der Waals surface area contributed by atoms with Crippen LogP contribution < -0.4 is 15.5 Å². The molecule has 7 heteroatoms. The Morgan fingerprint density at radius 3 is 2.84 bits per heavy atom. The summed E-state index contributed by atoms with van der Waals surface area (Å²) in [7, 11) is 4.05. The predicted molar refractivity (Wildman–Crippen MR) is 118 cm³/mol. The van der Waals surface area contributed by atoms with Crippen molar-refractivity contribution in [2.45, 2.75) is 31.3 Å². The number of halogens is 2. The zero-order valence-corrected chi connectivity index (χ0v) is 18.1. The van der Waals surface area contributed by atoms with Gasteiger partial charge in [0.25, 0.3) is 0 Å². The molecule has 2 aliphatic rings. The van der Waals surface area contributed by atoms with Crippen molar-refractivity contribution in [1.82, 2.24) is 15.5 Å². The molecule has 2 N–H and O–H groups in total. The van der Waals surface area contributed by atoms with Crippen molar-refractivity contribution in [3.05, 3.63) is 29.3 Å². The molecule has 2 heterocycles. The fourth-order valence-electron chi connectivity index (χ4n) is 3.63. The molecule has 5 nitrogen and oxygen atoms in total. The minimum Gasteiger partial charge on any atom is -0.369 e. The van der Waals surface area contributed by atoms with Crippen LogP contribution >= 0.6 is 35.6 Å². The molecule has 3 rings (SSSR count). The first-order valence-electron chi connectivity index (χ1n) is 8.83. The van der Waals surface area contributed by atoms with E-state index in [0.717, 1.165) is 37.0 Å². The number of anilines is 1. The number of rotatable bonds is 4. The SMILES string of the molecule is CN=C(NCC1CCCN1C)NC1CCN(c2cccc(Cl)c2)C1.I. The van der Waals surface area contributed by atoms with E-state index >= 15 is 0 Å². The number of likely N-dealkylation sites (tertiary alicyclic amines) is 1. The number of aliphatic imine (C=N–C) groups is 1. The maximum Gasteiger partial charge on any atom is 0.191 e. The molecule has 25 heavy (non-hydrogen) atoms. The summed E-state index contributed by atoms with van der Waals surface area (Å²) in [5, 5.41) is 7.85. The fraction of sp³-hybridized carbons (Fsp3) is 0.611. The van der Waals surface area contributed by atoms with E-state index in [-0.39, 0.29) is 24.0 Å². The Bertz CT molecular complexity index is 582. The largest absolute Gasteiger partial charge is 0.369 e. The first-order valence-corrected chi connectivity index (χ1v) is 9.21. The molecule has 140 valence electrons. The van der Waals surface area contributed by atoms with Crippen LogP contribution in [0.1, 0.15) is 19.3 Å². The van der Waals surface area contributed by atoms with Crippen molar-refractivity contribution < 1.29 is 0 Å². The third-order valence-corrected chi connectivity index (χ3v) is 5.34. The summed E-state index contributed by atoms with van der Waals surface area (Å²) in [6.07, 6.45) is 3.68. The van der Waals surface area contributed by atoms with Crippen LogP contribution in [0.3, 0.4) is 0 Å². The summed E-state index contributed by atoms with van der Waals surface area (Å²) in [5.74, 6) is 0.910. The fourth-order valence-corrected chi connectivity index (χ4v) is 3.81. The zero-order chi connectivity index (χ0) is 16.9. The quantitative estimate of drug-likeness (QED) is 0.398. The number of hydrogen-bond donors (Lipinski definition) is 2. The maximum atomic E-state index is 6.11. The van der Waals surface area contributed by atoms with E-state index in [1.165, 1.54) is 25.1 Å². The molecule has 2 atom stereocenters. The lowest BCUT2D eigenvalue weighted by Gasteiger charge is -2.23. The van der Waals surface area contributed by atoms with Gasteiger partial charge in [-0.3, -0.25) is 4.99 Å². The molecule has 2 saturated heterocycles. The van der Waals surface area contributed by atoms with Crippen LogP contribution in [0.5, 0.6) is 0 Å². The second-order valence-electron chi connectivity index (χ2n) is 6.79. The number of guanidine groups is 1. The molecule has 0 aliphatic carbocycles. The summed E-state index contributed by atoms with van der Waals surface area (Å²) in [4.78, 5) is 9.19. The van der Waals surface area contributed by atoms with Gasteiger partial charge >= 0.3 is 0 Å². The van der Waals surface area contributed by atoms with Gasteiger partial charge in [0.2, 0.25) is 0 Å². The third-order valence-electron chi connectivity index (χ3n) is 5.10. The minimum absolute atomic E-state index is 0. The van der Waals surface area contributed by atoms with Gasteiger partial charge in [-0.05, 0) is 51.1 Å². The van der Waals surface area contributed by atoms with Gasteiger partial charge in [-0.15, -0.1) is 24.0 Å². The van der Waals surface area contributed by atoms with E-state index in [4.69, 9.17) is 11.6 Å². The Morgan fingerprint density at radius 1 is 1.32 bits per heavy atom. The van der Waals surface area contributed by atoms with Crippen LogP contribution in [-0.2, 0) is 0 Å². The molecule has 0 saturated carbocycles. The van der Waals surface area contributed by atoms with E-state index in [1.54, 1.807) is 0 Å². The summed E-state index contributed by atoms with van der Waals surface area (Å²) in [6, 6.07) is 9.12. The summed E-state index contributed by atoms with van der Waals surface area (Å²) < 4.78 is 0. The van der Waals surface area contributed by atoms with Crippen LogP contribution in [0.4, 0.5) is 5.69 Å². The van der Waals surface area contributed by atoms with Gasteiger partial charge in [-0.1, -0.05) is 17.7 Å². The van der Waals surface area contributed by atoms with Gasteiger partial charge in [0, 0.05) is 49.5 Å². The highest BCUT2D eigenvalue weighted by Gasteiger charge is 2.25. The van der Waals surface area contributed by atoms with Crippen LogP contribution in [0.25, 0.3) is 0 Å². The monoisotopic (exact) mass is 477 g/mol. The second-order valence-corrected chi connectivity index (χ2v) is 7.22. The van der Waals surface area contributed by atoms with Crippen LogP contribution in [0.2, 0.25) is 5.02 Å². The molecule has 0 bridgehead atoms. The smallest absolute Gasteiger partial charge is 0.191 e. The molecule has 0 amide bonds. The lowest BCUT2D eigenvalue weighted by molar-refractivity contribution is 0.309. The predicted octanol–water partition coefficient (Wildman–Crippen LogP) is 2.80. The van der Waals surface area contributed by atoms with Gasteiger partial charge in [-0.2, -0.15) is 0 Å². The van der Waals surface area contributed by atoms with Crippen molar-refractivity contribution >= 4 is 47.2 Å². The molecule has 1 aromatic carbocycles. The van der Waals surface area contributed by atoms with Gasteiger partial charge in [0.15, 0.2) is 5.96 Å². The number of benzene rings is 1. The van der Waals surface area contributed by atoms with Crippen LogP contribution in [0, 0.1) is 0 Å². The highest BCUT2D eigenvalue weighted by Crippen LogP contribution is 2.23. The molecule has 0 aromatic heterocycles. The minimum atomic E-state index is 0. The van der Waals surface area contributed by atoms with E-state index in [1.807, 2.05) is 25.2 Å². The van der Waals surface area contributed by atoms with Crippen molar-refractivity contribution in [1.29, 1.82) is 0 Å². The summed E-state index contributed by atoms with van der Waals surface area (Å²) in [5.41, 5.74) is 1.20. The van der Waals surface area contributed by atoms with Crippen molar-refractivity contribution in [2.24, 2.45) is 4.99 Å². The number of hydrogen-bond acceptors (Lipinski definition) is 3. The van der Waals surface area contributed by atoms with Crippen LogP contribution in [-0.4, -0.2) is 63.2 Å². The lowest BCUT2D eigenvalue weighted by atomic mass is 10.2. The van der Waals surface area contributed by atoms with Gasteiger partial charge in [0.05, 0.1) is 0 Å². The van der Waals surface area contributed by atoms with E-state index < -0.39 is 0 Å². The van der Waals surface area contributed by atoms with Crippen molar-refractivity contribution in [3.63, 3.8) is 0 Å². The average Bonchev–Trinajstić information content (AvgIpc) is 3.20. The molecule has 2 aliphatic heterocycles. The number of nitrogens with zero attached hydrogens (tertiary/aromatic N) is 3. The molecule has 2 unspecified atom stereocenters. The number of likely N-dealkylation sites (N-methyl/N-ethyl adjacent to an activating group) is 1. The standard InChI is InChI=1S/C18H28ClN5.HI/c1-20-18(21-12-17-7-4-9-23(17)2)22-15-8-10-24(13-15)16-6-3-5-14(19)11-16;/h3,5-6,11,15,17H,4,7-10,12-13H2,1-2H3,(H2,20,21,22);1H. The topological polar surface area (TPSA) is 42.9 Å². The highest BCUT2D eigenvalue weighted by atomic mass is 127. The Hall–Kier alpha value is -0.730. The Labute approximate surface area is 173 Å². The molecular weight excluding hydrogens is 449 g/mol. The summed E-state index contributed by atoms with van der Waals surface area (Å²) in [6.45, 7) is 4.18.